The van der Waals surface area contributed by atoms with E-state index in [0.717, 1.165) is 11.3 Å². The summed E-state index contributed by atoms with van der Waals surface area (Å²) in [5.41, 5.74) is 0.878. The molecule has 0 saturated heterocycles. The van der Waals surface area contributed by atoms with Crippen molar-refractivity contribution in [3.63, 3.8) is 0 Å². The van der Waals surface area contributed by atoms with Gasteiger partial charge >= 0.3 is 0 Å². The van der Waals surface area contributed by atoms with Gasteiger partial charge in [0.05, 0.1) is 19.8 Å². The number of likely N-dealkylation sites (N-methyl/N-ethyl adjacent to an activating group) is 1. The molecule has 1 aromatic carbocycles. The van der Waals surface area contributed by atoms with E-state index in [1.165, 1.54) is 18.1 Å². The average Bonchev–Trinajstić information content (AvgIpc) is 2.45. The highest BCUT2D eigenvalue weighted by atomic mass is 16.5. The summed E-state index contributed by atoms with van der Waals surface area (Å²) in [4.78, 5) is 13.3. The number of hydrogen-bond acceptors (Lipinski definition) is 4. The predicted octanol–water partition coefficient (Wildman–Crippen LogP) is 1.17. The lowest BCUT2D eigenvalue weighted by Gasteiger charge is -2.18. The minimum Gasteiger partial charge on any atom is -0.497 e. The number of rotatable bonds is 7. The van der Waals surface area contributed by atoms with E-state index in [9.17, 15) is 9.90 Å². The molecule has 1 N–H and O–H groups in total. The van der Waals surface area contributed by atoms with Crippen LogP contribution in [0.4, 0.5) is 0 Å². The zero-order chi connectivity index (χ0) is 15.0. The number of nitrogens with zero attached hydrogens (tertiary/aromatic N) is 1. The molecule has 110 valence electrons. The van der Waals surface area contributed by atoms with Crippen molar-refractivity contribution in [1.29, 1.82) is 0 Å². The Kier molecular flexibility index (Phi) is 6.76. The standard InChI is InChI=1S/C15H21NO4/c1-16(10-13(17)11-19-2)15(18)8-7-12-5-4-6-14(9-12)20-3/h4-9,13,17H,10-11H2,1-3H3. The van der Waals surface area contributed by atoms with E-state index in [1.54, 1.807) is 20.2 Å². The Morgan fingerprint density at radius 2 is 2.20 bits per heavy atom. The van der Waals surface area contributed by atoms with Crippen LogP contribution in [0.1, 0.15) is 5.56 Å². The number of amides is 1. The zero-order valence-electron chi connectivity index (χ0n) is 12.1. The molecule has 1 atom stereocenters. The molecule has 5 nitrogen and oxygen atoms in total. The molecule has 5 heteroatoms. The van der Waals surface area contributed by atoms with Crippen LogP contribution < -0.4 is 4.74 Å². The third-order valence-corrected chi connectivity index (χ3v) is 2.73. The maximum absolute atomic E-state index is 11.9. The Labute approximate surface area is 119 Å². The van der Waals surface area contributed by atoms with Crippen molar-refractivity contribution in [3.05, 3.63) is 35.9 Å². The monoisotopic (exact) mass is 279 g/mol. The van der Waals surface area contributed by atoms with Gasteiger partial charge < -0.3 is 19.5 Å². The van der Waals surface area contributed by atoms with Crippen molar-refractivity contribution in [3.8, 4) is 5.75 Å². The predicted molar refractivity (Wildman–Crippen MR) is 77.5 cm³/mol. The van der Waals surface area contributed by atoms with E-state index in [4.69, 9.17) is 9.47 Å². The van der Waals surface area contributed by atoms with Gasteiger partial charge in [-0.05, 0) is 23.8 Å². The second-order valence-corrected chi connectivity index (χ2v) is 4.44. The Morgan fingerprint density at radius 3 is 2.85 bits per heavy atom. The Morgan fingerprint density at radius 1 is 1.45 bits per heavy atom. The zero-order valence-corrected chi connectivity index (χ0v) is 12.1. The number of benzene rings is 1. The molecule has 0 heterocycles. The van der Waals surface area contributed by atoms with Crippen LogP contribution in [0.5, 0.6) is 5.75 Å². The van der Waals surface area contributed by atoms with Crippen LogP contribution in [-0.4, -0.2) is 56.4 Å². The first-order valence-electron chi connectivity index (χ1n) is 6.31. The van der Waals surface area contributed by atoms with Crippen molar-refractivity contribution >= 4 is 12.0 Å². The normalized spacial score (nSPS) is 12.4. The highest BCUT2D eigenvalue weighted by Crippen LogP contribution is 2.13. The molecule has 0 aromatic heterocycles. The molecule has 0 fully saturated rings. The summed E-state index contributed by atoms with van der Waals surface area (Å²) in [6, 6.07) is 7.41. The van der Waals surface area contributed by atoms with Crippen LogP contribution in [0, 0.1) is 0 Å². The summed E-state index contributed by atoms with van der Waals surface area (Å²) in [6.45, 7) is 0.437. The second kappa shape index (κ2) is 8.35. The van der Waals surface area contributed by atoms with Crippen LogP contribution in [0.25, 0.3) is 6.08 Å². The summed E-state index contributed by atoms with van der Waals surface area (Å²) in [5.74, 6) is 0.562. The van der Waals surface area contributed by atoms with Crippen molar-refractivity contribution in [2.45, 2.75) is 6.10 Å². The maximum atomic E-state index is 11.9. The summed E-state index contributed by atoms with van der Waals surface area (Å²) >= 11 is 0. The molecule has 1 rings (SSSR count). The van der Waals surface area contributed by atoms with Crippen molar-refractivity contribution in [2.24, 2.45) is 0 Å². The number of hydrogen-bond donors (Lipinski definition) is 1. The van der Waals surface area contributed by atoms with Crippen molar-refractivity contribution in [1.82, 2.24) is 4.90 Å². The van der Waals surface area contributed by atoms with Gasteiger partial charge in [0.1, 0.15) is 5.75 Å². The molecule has 0 saturated carbocycles. The highest BCUT2D eigenvalue weighted by molar-refractivity contribution is 5.91. The second-order valence-electron chi connectivity index (χ2n) is 4.44. The van der Waals surface area contributed by atoms with Crippen LogP contribution in [-0.2, 0) is 9.53 Å². The van der Waals surface area contributed by atoms with Gasteiger partial charge in [0.15, 0.2) is 0 Å². The van der Waals surface area contributed by atoms with E-state index in [1.807, 2.05) is 24.3 Å². The number of ether oxygens (including phenoxy) is 2. The first kappa shape index (κ1) is 16.2. The average molecular weight is 279 g/mol. The maximum Gasteiger partial charge on any atom is 0.246 e. The fourth-order valence-corrected chi connectivity index (χ4v) is 1.69. The molecule has 20 heavy (non-hydrogen) atoms. The highest BCUT2D eigenvalue weighted by Gasteiger charge is 2.11. The number of carbonyl (C=O) groups is 1. The fraction of sp³-hybridized carbons (Fsp3) is 0.400. The molecule has 1 unspecified atom stereocenters. The van der Waals surface area contributed by atoms with Gasteiger partial charge in [0.2, 0.25) is 5.91 Å². The van der Waals surface area contributed by atoms with Crippen molar-refractivity contribution < 1.29 is 19.4 Å². The van der Waals surface area contributed by atoms with Crippen LogP contribution in [0.3, 0.4) is 0 Å². The number of carbonyl (C=O) groups excluding carboxylic acids is 1. The lowest BCUT2D eigenvalue weighted by molar-refractivity contribution is -0.126. The molecule has 0 aliphatic carbocycles. The smallest absolute Gasteiger partial charge is 0.246 e. The number of aliphatic hydroxyl groups is 1. The topological polar surface area (TPSA) is 59.0 Å². The van der Waals surface area contributed by atoms with Gasteiger partial charge in [-0.1, -0.05) is 12.1 Å². The van der Waals surface area contributed by atoms with Gasteiger partial charge in [-0.2, -0.15) is 0 Å². The van der Waals surface area contributed by atoms with Crippen molar-refractivity contribution in [2.75, 3.05) is 34.4 Å². The molecule has 0 radical (unpaired) electrons. The van der Waals surface area contributed by atoms with Crippen LogP contribution >= 0.6 is 0 Å². The SMILES string of the molecule is COCC(O)CN(C)C(=O)C=Cc1cccc(OC)c1. The summed E-state index contributed by atoms with van der Waals surface area (Å²) in [6.07, 6.45) is 2.50. The molecule has 1 aromatic rings. The third kappa shape index (κ3) is 5.42. The minimum atomic E-state index is -0.681. The third-order valence-electron chi connectivity index (χ3n) is 2.73. The van der Waals surface area contributed by atoms with Gasteiger partial charge in [0, 0.05) is 26.8 Å². The number of methoxy groups -OCH3 is 2. The van der Waals surface area contributed by atoms with Gasteiger partial charge in [-0.15, -0.1) is 0 Å². The van der Waals surface area contributed by atoms with E-state index in [-0.39, 0.29) is 19.1 Å². The minimum absolute atomic E-state index is 0.178. The fourth-order valence-electron chi connectivity index (χ4n) is 1.69. The molecule has 0 bridgehead atoms. The largest absolute Gasteiger partial charge is 0.497 e. The van der Waals surface area contributed by atoms with E-state index in [2.05, 4.69) is 0 Å². The molecule has 0 aliphatic heterocycles. The van der Waals surface area contributed by atoms with E-state index < -0.39 is 6.10 Å². The lowest BCUT2D eigenvalue weighted by Crippen LogP contribution is -2.35. The van der Waals surface area contributed by atoms with Gasteiger partial charge in [0.25, 0.3) is 0 Å². The van der Waals surface area contributed by atoms with Gasteiger partial charge in [-0.3, -0.25) is 4.79 Å². The molecule has 1 amide bonds. The summed E-state index contributed by atoms with van der Waals surface area (Å²) in [7, 11) is 4.74. The quantitative estimate of drug-likeness (QED) is 0.761. The Bertz CT molecular complexity index is 459. The van der Waals surface area contributed by atoms with E-state index in [0.29, 0.717) is 0 Å². The number of aliphatic hydroxyl groups excluding tert-OH is 1. The molecular formula is C15H21NO4. The van der Waals surface area contributed by atoms with E-state index >= 15 is 0 Å². The molecule has 0 aliphatic rings. The van der Waals surface area contributed by atoms with Crippen LogP contribution in [0.15, 0.2) is 30.3 Å². The Hall–Kier alpha value is -1.85. The lowest BCUT2D eigenvalue weighted by atomic mass is 10.2. The molecular weight excluding hydrogens is 258 g/mol. The first-order valence-corrected chi connectivity index (χ1v) is 6.31. The van der Waals surface area contributed by atoms with Crippen LogP contribution in [0.2, 0.25) is 0 Å². The van der Waals surface area contributed by atoms with Gasteiger partial charge in [-0.25, -0.2) is 0 Å². The molecule has 0 spiro atoms. The first-order chi connectivity index (χ1) is 9.56. The summed E-state index contributed by atoms with van der Waals surface area (Å²) < 4.78 is 9.93. The Balaban J connectivity index is 2.57. The summed E-state index contributed by atoms with van der Waals surface area (Å²) in [5, 5.41) is 9.56.